The lowest BCUT2D eigenvalue weighted by Gasteiger charge is -1.92. The molecule has 0 aliphatic heterocycles. The maximum atomic E-state index is 11.4. The van der Waals surface area contributed by atoms with Gasteiger partial charge in [-0.3, -0.25) is 0 Å². The van der Waals surface area contributed by atoms with E-state index in [1.807, 2.05) is 0 Å². The van der Waals surface area contributed by atoms with Crippen molar-refractivity contribution in [2.24, 2.45) is 0 Å². The van der Waals surface area contributed by atoms with E-state index in [1.54, 1.807) is 0 Å². The fourth-order valence-corrected chi connectivity index (χ4v) is 0.782. The predicted octanol–water partition coefficient (Wildman–Crippen LogP) is 3.74. The maximum absolute atomic E-state index is 11.4. The van der Waals surface area contributed by atoms with Crippen LogP contribution in [0.1, 0.15) is 39.0 Å². The molecule has 0 N–H and O–H groups in total. The summed E-state index contributed by atoms with van der Waals surface area (Å²) in [7, 11) is 0. The monoisotopic (exact) mass is 148 g/mol. The lowest BCUT2D eigenvalue weighted by Crippen LogP contribution is -1.73. The summed E-state index contributed by atoms with van der Waals surface area (Å²) in [5, 5.41) is 0. The second-order valence-electron chi connectivity index (χ2n) is 2.34. The molecule has 0 fully saturated rings. The summed E-state index contributed by atoms with van der Waals surface area (Å²) in [6, 6.07) is 0. The van der Waals surface area contributed by atoms with E-state index in [4.69, 9.17) is 0 Å². The summed E-state index contributed by atoms with van der Waals surface area (Å²) in [6.07, 6.45) is 4.25. The third-order valence-corrected chi connectivity index (χ3v) is 1.36. The van der Waals surface area contributed by atoms with Gasteiger partial charge in [0.25, 0.3) is 6.08 Å². The third kappa shape index (κ3) is 7.60. The highest BCUT2D eigenvalue weighted by molar-refractivity contribution is 4.79. The summed E-state index contributed by atoms with van der Waals surface area (Å²) in [4.78, 5) is 0. The Bertz CT molecular complexity index is 93.4. The molecule has 0 saturated carbocycles. The molecule has 0 radical (unpaired) electrons. The fourth-order valence-electron chi connectivity index (χ4n) is 0.782. The highest BCUT2D eigenvalue weighted by Gasteiger charge is 1.88. The molecule has 2 heteroatoms. The van der Waals surface area contributed by atoms with Gasteiger partial charge in [0.2, 0.25) is 0 Å². The summed E-state index contributed by atoms with van der Waals surface area (Å²) >= 11 is 0. The highest BCUT2D eigenvalue weighted by Crippen LogP contribution is 2.06. The van der Waals surface area contributed by atoms with Crippen molar-refractivity contribution in [3.63, 3.8) is 0 Å². The van der Waals surface area contributed by atoms with Gasteiger partial charge < -0.3 is 0 Å². The Balaban J connectivity index is 2.98. The molecule has 0 unspecified atom stereocenters. The van der Waals surface area contributed by atoms with Gasteiger partial charge in [0.1, 0.15) is 0 Å². The largest absolute Gasteiger partial charge is 0.266 e. The summed E-state index contributed by atoms with van der Waals surface area (Å²) in [6.45, 7) is 2.10. The van der Waals surface area contributed by atoms with Crippen LogP contribution in [0.25, 0.3) is 0 Å². The molecule has 0 spiro atoms. The number of rotatable bonds is 5. The van der Waals surface area contributed by atoms with Gasteiger partial charge in [0.15, 0.2) is 0 Å². The van der Waals surface area contributed by atoms with Crippen molar-refractivity contribution < 1.29 is 8.78 Å². The van der Waals surface area contributed by atoms with Crippen LogP contribution in [0.5, 0.6) is 0 Å². The van der Waals surface area contributed by atoms with E-state index >= 15 is 0 Å². The van der Waals surface area contributed by atoms with Crippen molar-refractivity contribution >= 4 is 0 Å². The average Bonchev–Trinajstić information content (AvgIpc) is 1.87. The zero-order valence-corrected chi connectivity index (χ0v) is 6.37. The van der Waals surface area contributed by atoms with Crippen LogP contribution in [-0.4, -0.2) is 0 Å². The molecule has 0 heterocycles. The van der Waals surface area contributed by atoms with Crippen molar-refractivity contribution in [2.45, 2.75) is 39.0 Å². The van der Waals surface area contributed by atoms with Crippen LogP contribution in [0.4, 0.5) is 8.78 Å². The van der Waals surface area contributed by atoms with Crippen LogP contribution in [0, 0.1) is 0 Å². The zero-order valence-electron chi connectivity index (χ0n) is 6.37. The van der Waals surface area contributed by atoms with E-state index in [0.29, 0.717) is 6.42 Å². The van der Waals surface area contributed by atoms with E-state index in [-0.39, 0.29) is 0 Å². The van der Waals surface area contributed by atoms with Crippen molar-refractivity contribution in [3.05, 3.63) is 12.2 Å². The van der Waals surface area contributed by atoms with E-state index < -0.39 is 6.08 Å². The Morgan fingerprint density at radius 2 is 1.90 bits per heavy atom. The van der Waals surface area contributed by atoms with E-state index in [9.17, 15) is 8.78 Å². The Morgan fingerprint density at radius 3 is 2.40 bits per heavy atom. The third-order valence-electron chi connectivity index (χ3n) is 1.36. The molecule has 10 heavy (non-hydrogen) atoms. The molecular weight excluding hydrogens is 134 g/mol. The molecule has 0 atom stereocenters. The molecule has 0 aliphatic carbocycles. The summed E-state index contributed by atoms with van der Waals surface area (Å²) in [5.74, 6) is 0. The molecule has 60 valence electrons. The van der Waals surface area contributed by atoms with E-state index in [1.165, 1.54) is 0 Å². The molecule has 0 aromatic carbocycles. The lowest BCUT2D eigenvalue weighted by molar-refractivity contribution is 0.416. The van der Waals surface area contributed by atoms with Gasteiger partial charge >= 0.3 is 0 Å². The second kappa shape index (κ2) is 6.72. The van der Waals surface area contributed by atoms with Crippen LogP contribution < -0.4 is 0 Å². The molecule has 0 rings (SSSR count). The first-order valence-corrected chi connectivity index (χ1v) is 3.78. The zero-order chi connectivity index (χ0) is 7.82. The molecule has 0 aromatic rings. The van der Waals surface area contributed by atoms with Gasteiger partial charge in [-0.1, -0.05) is 26.2 Å². The van der Waals surface area contributed by atoms with E-state index in [0.717, 1.165) is 31.8 Å². The van der Waals surface area contributed by atoms with Crippen LogP contribution in [0.2, 0.25) is 0 Å². The fraction of sp³-hybridized carbons (Fsp3) is 0.750. The Morgan fingerprint density at radius 1 is 1.20 bits per heavy atom. The van der Waals surface area contributed by atoms with Crippen LogP contribution in [0.3, 0.4) is 0 Å². The average molecular weight is 148 g/mol. The SMILES string of the molecule is CCCCCCC=C(F)F. The van der Waals surface area contributed by atoms with Gasteiger partial charge in [-0.25, -0.2) is 0 Å². The quantitative estimate of drug-likeness (QED) is 0.521. The van der Waals surface area contributed by atoms with Crippen molar-refractivity contribution in [2.75, 3.05) is 0 Å². The van der Waals surface area contributed by atoms with Crippen molar-refractivity contribution in [1.82, 2.24) is 0 Å². The number of halogens is 2. The van der Waals surface area contributed by atoms with Crippen LogP contribution in [0.15, 0.2) is 12.2 Å². The minimum atomic E-state index is -1.54. The Kier molecular flexibility index (Phi) is 6.45. The number of unbranched alkanes of at least 4 members (excludes halogenated alkanes) is 4. The number of allylic oxidation sites excluding steroid dienone is 1. The number of hydrogen-bond acceptors (Lipinski definition) is 0. The van der Waals surface area contributed by atoms with Crippen LogP contribution in [-0.2, 0) is 0 Å². The minimum absolute atomic E-state index is 0.530. The van der Waals surface area contributed by atoms with Gasteiger partial charge in [-0.2, -0.15) is 8.78 Å². The normalized spacial score (nSPS) is 9.50. The second-order valence-corrected chi connectivity index (χ2v) is 2.34. The smallest absolute Gasteiger partial charge is 0.174 e. The highest BCUT2D eigenvalue weighted by atomic mass is 19.3. The molecule has 0 nitrogen and oxygen atoms in total. The molecule has 0 aromatic heterocycles. The molecule has 0 bridgehead atoms. The Hall–Kier alpha value is -0.400. The van der Waals surface area contributed by atoms with Crippen molar-refractivity contribution in [1.29, 1.82) is 0 Å². The van der Waals surface area contributed by atoms with Crippen LogP contribution >= 0.6 is 0 Å². The standard InChI is InChI=1S/C8H14F2/c1-2-3-4-5-6-7-8(9)10/h7H,2-6H2,1H3. The summed E-state index contributed by atoms with van der Waals surface area (Å²) in [5.41, 5.74) is 0. The molecule has 0 aliphatic rings. The minimum Gasteiger partial charge on any atom is -0.174 e. The maximum Gasteiger partial charge on any atom is 0.266 e. The predicted molar refractivity (Wildman–Crippen MR) is 39.1 cm³/mol. The number of hydrogen-bond donors (Lipinski definition) is 0. The first-order chi connectivity index (χ1) is 4.77. The first-order valence-electron chi connectivity index (χ1n) is 3.78. The molecule has 0 saturated heterocycles. The van der Waals surface area contributed by atoms with Crippen molar-refractivity contribution in [3.8, 4) is 0 Å². The lowest BCUT2D eigenvalue weighted by atomic mass is 10.1. The van der Waals surface area contributed by atoms with Gasteiger partial charge in [-0.05, 0) is 18.9 Å². The van der Waals surface area contributed by atoms with Gasteiger partial charge in [0.05, 0.1) is 0 Å². The molecule has 0 amide bonds. The first kappa shape index (κ1) is 9.60. The van der Waals surface area contributed by atoms with Gasteiger partial charge in [-0.15, -0.1) is 0 Å². The summed E-state index contributed by atoms with van der Waals surface area (Å²) < 4.78 is 22.8. The van der Waals surface area contributed by atoms with E-state index in [2.05, 4.69) is 6.92 Å². The topological polar surface area (TPSA) is 0 Å². The van der Waals surface area contributed by atoms with Gasteiger partial charge in [0, 0.05) is 0 Å². The Labute approximate surface area is 60.9 Å². The molecular formula is C8H14F2.